The Kier molecular flexibility index (Phi) is 4.38. The third-order valence-corrected chi connectivity index (χ3v) is 3.17. The third kappa shape index (κ3) is 2.81. The van der Waals surface area contributed by atoms with Crippen molar-refractivity contribution >= 4 is 5.78 Å². The molecule has 1 atom stereocenters. The monoisotopic (exact) mass is 272 g/mol. The number of Topliss-reactive ketones (excluding diaryl/α,β-unsaturated/α-hetero) is 1. The van der Waals surface area contributed by atoms with E-state index in [0.717, 1.165) is 5.56 Å². The molecule has 0 aromatic heterocycles. The summed E-state index contributed by atoms with van der Waals surface area (Å²) >= 11 is 0. The van der Waals surface area contributed by atoms with Crippen LogP contribution in [0.5, 0.6) is 11.5 Å². The number of aliphatic hydroxyl groups is 1. The Hall–Kier alpha value is -2.33. The highest BCUT2D eigenvalue weighted by Gasteiger charge is 2.23. The van der Waals surface area contributed by atoms with Gasteiger partial charge in [0, 0.05) is 6.07 Å². The average molecular weight is 272 g/mol. The number of hydrogen-bond donors (Lipinski definition) is 2. The number of rotatable bonds is 5. The van der Waals surface area contributed by atoms with Crippen molar-refractivity contribution in [3.8, 4) is 11.5 Å². The standard InChI is InChI=1S/C16H16O4/c1-20-12-7-8-13(15(18)9-12)16(19)14(10-17)11-5-3-2-4-6-11/h2-9,14,17-18H,10H2,1H3. The minimum atomic E-state index is -0.685. The molecule has 4 heteroatoms. The average Bonchev–Trinajstić information content (AvgIpc) is 2.48. The van der Waals surface area contributed by atoms with E-state index in [1.807, 2.05) is 6.07 Å². The van der Waals surface area contributed by atoms with Crippen LogP contribution in [0.1, 0.15) is 21.8 Å². The zero-order valence-electron chi connectivity index (χ0n) is 11.1. The summed E-state index contributed by atoms with van der Waals surface area (Å²) in [5.74, 6) is -0.683. The van der Waals surface area contributed by atoms with Gasteiger partial charge in [0.25, 0.3) is 0 Å². The van der Waals surface area contributed by atoms with E-state index in [-0.39, 0.29) is 23.7 Å². The number of aromatic hydroxyl groups is 1. The van der Waals surface area contributed by atoms with Crippen LogP contribution in [0.2, 0.25) is 0 Å². The van der Waals surface area contributed by atoms with Crippen LogP contribution < -0.4 is 4.74 Å². The molecule has 0 saturated carbocycles. The van der Waals surface area contributed by atoms with Crippen LogP contribution in [-0.4, -0.2) is 29.7 Å². The second kappa shape index (κ2) is 6.21. The molecule has 4 nitrogen and oxygen atoms in total. The molecular formula is C16H16O4. The predicted octanol–water partition coefficient (Wildman–Crippen LogP) is 2.36. The van der Waals surface area contributed by atoms with Crippen LogP contribution in [0.15, 0.2) is 48.5 Å². The number of aliphatic hydroxyl groups excluding tert-OH is 1. The zero-order valence-corrected chi connectivity index (χ0v) is 11.1. The molecule has 0 bridgehead atoms. The number of benzene rings is 2. The number of ketones is 1. The number of carbonyl (C=O) groups excluding carboxylic acids is 1. The van der Waals surface area contributed by atoms with Crippen molar-refractivity contribution in [3.05, 3.63) is 59.7 Å². The maximum atomic E-state index is 12.4. The quantitative estimate of drug-likeness (QED) is 0.820. The summed E-state index contributed by atoms with van der Waals surface area (Å²) in [5, 5.41) is 19.4. The van der Waals surface area contributed by atoms with Crippen LogP contribution in [0, 0.1) is 0 Å². The molecular weight excluding hydrogens is 256 g/mol. The fraction of sp³-hybridized carbons (Fsp3) is 0.188. The van der Waals surface area contributed by atoms with Crippen molar-refractivity contribution in [2.45, 2.75) is 5.92 Å². The number of phenols is 1. The summed E-state index contributed by atoms with van der Waals surface area (Å²) in [5.41, 5.74) is 0.893. The van der Waals surface area contributed by atoms with Crippen molar-refractivity contribution in [2.24, 2.45) is 0 Å². The molecule has 0 radical (unpaired) electrons. The van der Waals surface area contributed by atoms with Crippen molar-refractivity contribution in [3.63, 3.8) is 0 Å². The van der Waals surface area contributed by atoms with Crippen LogP contribution in [-0.2, 0) is 0 Å². The lowest BCUT2D eigenvalue weighted by atomic mass is 9.91. The van der Waals surface area contributed by atoms with Gasteiger partial charge in [-0.15, -0.1) is 0 Å². The summed E-state index contributed by atoms with van der Waals surface area (Å²) in [6.45, 7) is -0.311. The van der Waals surface area contributed by atoms with E-state index in [4.69, 9.17) is 4.74 Å². The molecule has 0 aliphatic rings. The van der Waals surface area contributed by atoms with E-state index in [2.05, 4.69) is 0 Å². The summed E-state index contributed by atoms with van der Waals surface area (Å²) in [6.07, 6.45) is 0. The smallest absolute Gasteiger partial charge is 0.176 e. The van der Waals surface area contributed by atoms with Crippen LogP contribution in [0.25, 0.3) is 0 Å². The SMILES string of the molecule is COc1ccc(C(=O)C(CO)c2ccccc2)c(O)c1. The van der Waals surface area contributed by atoms with Crippen LogP contribution in [0.4, 0.5) is 0 Å². The fourth-order valence-electron chi connectivity index (χ4n) is 2.06. The molecule has 2 aromatic carbocycles. The molecule has 104 valence electrons. The second-order valence-electron chi connectivity index (χ2n) is 4.39. The fourth-order valence-corrected chi connectivity index (χ4v) is 2.06. The highest BCUT2D eigenvalue weighted by atomic mass is 16.5. The Balaban J connectivity index is 2.34. The van der Waals surface area contributed by atoms with Crippen molar-refractivity contribution < 1.29 is 19.7 Å². The van der Waals surface area contributed by atoms with E-state index in [0.29, 0.717) is 5.75 Å². The van der Waals surface area contributed by atoms with Crippen molar-refractivity contribution in [2.75, 3.05) is 13.7 Å². The largest absolute Gasteiger partial charge is 0.507 e. The first-order valence-electron chi connectivity index (χ1n) is 6.24. The molecule has 2 aromatic rings. The van der Waals surface area contributed by atoms with Crippen molar-refractivity contribution in [1.29, 1.82) is 0 Å². The van der Waals surface area contributed by atoms with Gasteiger partial charge < -0.3 is 14.9 Å². The minimum absolute atomic E-state index is 0.149. The van der Waals surface area contributed by atoms with Gasteiger partial charge in [0.15, 0.2) is 5.78 Å². The minimum Gasteiger partial charge on any atom is -0.507 e. The highest BCUT2D eigenvalue weighted by molar-refractivity contribution is 6.03. The van der Waals surface area contributed by atoms with Crippen LogP contribution >= 0.6 is 0 Å². The number of phenolic OH excluding ortho intramolecular Hbond substituents is 1. The first-order chi connectivity index (χ1) is 9.67. The van der Waals surface area contributed by atoms with Crippen LogP contribution in [0.3, 0.4) is 0 Å². The summed E-state index contributed by atoms with van der Waals surface area (Å²) in [4.78, 5) is 12.4. The zero-order chi connectivity index (χ0) is 14.5. The maximum absolute atomic E-state index is 12.4. The lowest BCUT2D eigenvalue weighted by Crippen LogP contribution is -2.16. The number of ether oxygens (including phenoxy) is 1. The highest BCUT2D eigenvalue weighted by Crippen LogP contribution is 2.28. The van der Waals surface area contributed by atoms with E-state index in [9.17, 15) is 15.0 Å². The van der Waals surface area contributed by atoms with Gasteiger partial charge in [-0.2, -0.15) is 0 Å². The van der Waals surface area contributed by atoms with Gasteiger partial charge in [0.1, 0.15) is 11.5 Å². The first-order valence-corrected chi connectivity index (χ1v) is 6.24. The Labute approximate surface area is 117 Å². The molecule has 0 aliphatic carbocycles. The van der Waals surface area contributed by atoms with E-state index < -0.39 is 5.92 Å². The molecule has 20 heavy (non-hydrogen) atoms. The molecule has 1 unspecified atom stereocenters. The summed E-state index contributed by atoms with van der Waals surface area (Å²) in [7, 11) is 1.48. The van der Waals surface area contributed by atoms with E-state index in [1.165, 1.54) is 19.2 Å². The molecule has 0 saturated heterocycles. The Morgan fingerprint density at radius 1 is 1.20 bits per heavy atom. The molecule has 0 spiro atoms. The number of methoxy groups -OCH3 is 1. The Morgan fingerprint density at radius 3 is 2.45 bits per heavy atom. The maximum Gasteiger partial charge on any atom is 0.176 e. The third-order valence-electron chi connectivity index (χ3n) is 3.17. The molecule has 2 rings (SSSR count). The molecule has 2 N–H and O–H groups in total. The molecule has 0 aliphatic heterocycles. The van der Waals surface area contributed by atoms with Gasteiger partial charge in [-0.05, 0) is 17.7 Å². The van der Waals surface area contributed by atoms with Gasteiger partial charge >= 0.3 is 0 Å². The summed E-state index contributed by atoms with van der Waals surface area (Å²) in [6, 6.07) is 13.5. The van der Waals surface area contributed by atoms with Gasteiger partial charge in [-0.3, -0.25) is 4.79 Å². The van der Waals surface area contributed by atoms with E-state index >= 15 is 0 Å². The number of hydrogen-bond acceptors (Lipinski definition) is 4. The lowest BCUT2D eigenvalue weighted by Gasteiger charge is -2.14. The lowest BCUT2D eigenvalue weighted by molar-refractivity contribution is 0.0919. The van der Waals surface area contributed by atoms with Gasteiger partial charge in [-0.25, -0.2) is 0 Å². The summed E-state index contributed by atoms with van der Waals surface area (Å²) < 4.78 is 4.98. The predicted molar refractivity (Wildman–Crippen MR) is 75.3 cm³/mol. The molecule has 0 fully saturated rings. The normalized spacial score (nSPS) is 11.9. The first kappa shape index (κ1) is 14.1. The Bertz CT molecular complexity index is 593. The number of carbonyl (C=O) groups is 1. The molecule has 0 amide bonds. The van der Waals surface area contributed by atoms with Gasteiger partial charge in [0.2, 0.25) is 0 Å². The molecule has 0 heterocycles. The van der Waals surface area contributed by atoms with Gasteiger partial charge in [-0.1, -0.05) is 30.3 Å². The van der Waals surface area contributed by atoms with Gasteiger partial charge in [0.05, 0.1) is 25.2 Å². The topological polar surface area (TPSA) is 66.8 Å². The second-order valence-corrected chi connectivity index (χ2v) is 4.39. The van der Waals surface area contributed by atoms with E-state index in [1.54, 1.807) is 30.3 Å². The van der Waals surface area contributed by atoms with Crippen molar-refractivity contribution in [1.82, 2.24) is 0 Å². The Morgan fingerprint density at radius 2 is 1.90 bits per heavy atom.